The van der Waals surface area contributed by atoms with E-state index in [1.54, 1.807) is 0 Å². The van der Waals surface area contributed by atoms with Crippen molar-refractivity contribution in [3.05, 3.63) is 0 Å². The molecule has 1 N–H and O–H groups in total. The molecule has 2 nitrogen and oxygen atoms in total. The molecule has 0 aliphatic heterocycles. The lowest BCUT2D eigenvalue weighted by Crippen LogP contribution is -2.57. The summed E-state index contributed by atoms with van der Waals surface area (Å²) in [4.78, 5) is 2.42. The molecule has 0 spiro atoms. The van der Waals surface area contributed by atoms with Gasteiger partial charge in [-0.2, -0.15) is 0 Å². The Morgan fingerprint density at radius 1 is 1.00 bits per heavy atom. The van der Waals surface area contributed by atoms with E-state index in [2.05, 4.69) is 52.1 Å². The monoisotopic (exact) mass is 242 g/mol. The van der Waals surface area contributed by atoms with Crippen LogP contribution in [0.5, 0.6) is 0 Å². The molecule has 0 amide bonds. The Balaban J connectivity index is 4.46. The molecule has 1 atom stereocenters. The molecule has 0 bridgehead atoms. The molecule has 0 aliphatic carbocycles. The Hall–Kier alpha value is -0.0800. The number of nitrogens with zero attached hydrogens (tertiary/aromatic N) is 1. The largest absolute Gasteiger partial charge is 0.315 e. The molecule has 0 aromatic heterocycles. The molecule has 0 aromatic carbocycles. The molecule has 0 aliphatic rings. The third-order valence-corrected chi connectivity index (χ3v) is 4.46. The molecule has 0 aromatic rings. The summed E-state index contributed by atoms with van der Waals surface area (Å²) in [5.41, 5.74) is 0.320. The zero-order chi connectivity index (χ0) is 13.3. The average molecular weight is 242 g/mol. The molecule has 2 heteroatoms. The van der Waals surface area contributed by atoms with Gasteiger partial charge < -0.3 is 10.2 Å². The van der Waals surface area contributed by atoms with Crippen LogP contribution in [0, 0.1) is 0 Å². The summed E-state index contributed by atoms with van der Waals surface area (Å²) in [6.07, 6.45) is 9.18. The fourth-order valence-corrected chi connectivity index (χ4v) is 3.14. The number of nitrogens with one attached hydrogen (secondary N) is 1. The van der Waals surface area contributed by atoms with Gasteiger partial charge in [-0.1, -0.05) is 46.5 Å². The minimum Gasteiger partial charge on any atom is -0.315 e. The van der Waals surface area contributed by atoms with Crippen LogP contribution in [0.1, 0.15) is 65.7 Å². The topological polar surface area (TPSA) is 15.3 Å². The van der Waals surface area contributed by atoms with E-state index in [0.717, 1.165) is 0 Å². The van der Waals surface area contributed by atoms with Crippen molar-refractivity contribution < 1.29 is 0 Å². The normalized spacial score (nSPS) is 14.3. The van der Waals surface area contributed by atoms with Gasteiger partial charge in [-0.05, 0) is 40.4 Å². The molecule has 17 heavy (non-hydrogen) atoms. The summed E-state index contributed by atoms with van der Waals surface area (Å²) < 4.78 is 0. The number of unbranched alkanes of at least 4 members (excludes halogenated alkanes) is 3. The maximum absolute atomic E-state index is 3.56. The highest BCUT2D eigenvalue weighted by atomic mass is 15.2. The van der Waals surface area contributed by atoms with Crippen molar-refractivity contribution >= 4 is 0 Å². The first-order chi connectivity index (χ1) is 8.08. The molecule has 0 saturated heterocycles. The standard InChI is InChI=1S/C15H34N2/c1-7-10-11-12-13-14(16-4)15(8-2,9-3)17(5)6/h14,16H,7-13H2,1-6H3. The summed E-state index contributed by atoms with van der Waals surface area (Å²) in [6.45, 7) is 6.91. The predicted octanol–water partition coefficient (Wildman–Crippen LogP) is 3.67. The fraction of sp³-hybridized carbons (Fsp3) is 1.00. The molecule has 0 heterocycles. The molecular weight excluding hydrogens is 208 g/mol. The predicted molar refractivity (Wildman–Crippen MR) is 78.6 cm³/mol. The molecule has 0 saturated carbocycles. The van der Waals surface area contributed by atoms with Crippen molar-refractivity contribution in [2.75, 3.05) is 21.1 Å². The SMILES string of the molecule is CCCCCCC(NC)C(CC)(CC)N(C)C. The Bertz CT molecular complexity index is 174. The summed E-state index contributed by atoms with van der Waals surface area (Å²) in [5, 5.41) is 3.56. The van der Waals surface area contributed by atoms with E-state index in [9.17, 15) is 0 Å². The van der Waals surface area contributed by atoms with E-state index in [1.807, 2.05) is 0 Å². The second-order valence-corrected chi connectivity index (χ2v) is 5.40. The van der Waals surface area contributed by atoms with E-state index < -0.39 is 0 Å². The van der Waals surface area contributed by atoms with Gasteiger partial charge in [0.05, 0.1) is 0 Å². The van der Waals surface area contributed by atoms with Gasteiger partial charge in [0.2, 0.25) is 0 Å². The van der Waals surface area contributed by atoms with Crippen molar-refractivity contribution in [1.82, 2.24) is 10.2 Å². The third kappa shape index (κ3) is 4.59. The van der Waals surface area contributed by atoms with Gasteiger partial charge in [0.15, 0.2) is 0 Å². The number of rotatable bonds is 10. The zero-order valence-corrected chi connectivity index (χ0v) is 13.0. The Labute approximate surface area is 109 Å². The molecule has 0 radical (unpaired) electrons. The highest BCUT2D eigenvalue weighted by Gasteiger charge is 2.36. The first-order valence-corrected chi connectivity index (χ1v) is 7.43. The minimum absolute atomic E-state index is 0.320. The van der Waals surface area contributed by atoms with Gasteiger partial charge in [-0.15, -0.1) is 0 Å². The van der Waals surface area contributed by atoms with Crippen LogP contribution in [0.15, 0.2) is 0 Å². The van der Waals surface area contributed by atoms with Crippen LogP contribution in [0.25, 0.3) is 0 Å². The van der Waals surface area contributed by atoms with Crippen LogP contribution in [0.2, 0.25) is 0 Å². The van der Waals surface area contributed by atoms with Gasteiger partial charge in [0, 0.05) is 11.6 Å². The maximum atomic E-state index is 3.56. The smallest absolute Gasteiger partial charge is 0.0351 e. The molecule has 0 rings (SSSR count). The highest BCUT2D eigenvalue weighted by Crippen LogP contribution is 2.28. The third-order valence-electron chi connectivity index (χ3n) is 4.46. The van der Waals surface area contributed by atoms with Gasteiger partial charge >= 0.3 is 0 Å². The molecule has 1 unspecified atom stereocenters. The van der Waals surface area contributed by atoms with Gasteiger partial charge in [0.25, 0.3) is 0 Å². The first-order valence-electron chi connectivity index (χ1n) is 7.43. The molecule has 104 valence electrons. The summed E-state index contributed by atoms with van der Waals surface area (Å²) in [7, 11) is 6.57. The van der Waals surface area contributed by atoms with Crippen molar-refractivity contribution in [1.29, 1.82) is 0 Å². The van der Waals surface area contributed by atoms with E-state index in [-0.39, 0.29) is 0 Å². The fourth-order valence-electron chi connectivity index (χ4n) is 3.14. The van der Waals surface area contributed by atoms with E-state index >= 15 is 0 Å². The highest BCUT2D eigenvalue weighted by molar-refractivity contribution is 4.96. The molecular formula is C15H34N2. The van der Waals surface area contributed by atoms with Crippen molar-refractivity contribution in [2.45, 2.75) is 77.3 Å². The lowest BCUT2D eigenvalue weighted by atomic mass is 9.80. The van der Waals surface area contributed by atoms with Crippen molar-refractivity contribution in [3.63, 3.8) is 0 Å². The second kappa shape index (κ2) is 8.93. The maximum Gasteiger partial charge on any atom is 0.0351 e. The Kier molecular flexibility index (Phi) is 8.89. The first kappa shape index (κ1) is 16.9. The van der Waals surface area contributed by atoms with Gasteiger partial charge in [-0.3, -0.25) is 0 Å². The molecule has 0 fully saturated rings. The number of hydrogen-bond acceptors (Lipinski definition) is 2. The Morgan fingerprint density at radius 3 is 1.94 bits per heavy atom. The number of likely N-dealkylation sites (N-methyl/N-ethyl adjacent to an activating group) is 2. The van der Waals surface area contributed by atoms with Crippen LogP contribution in [0.3, 0.4) is 0 Å². The second-order valence-electron chi connectivity index (χ2n) is 5.40. The van der Waals surface area contributed by atoms with Crippen molar-refractivity contribution in [2.24, 2.45) is 0 Å². The summed E-state index contributed by atoms with van der Waals surface area (Å²) >= 11 is 0. The lowest BCUT2D eigenvalue weighted by Gasteiger charge is -2.45. The van der Waals surface area contributed by atoms with Crippen molar-refractivity contribution in [3.8, 4) is 0 Å². The van der Waals surface area contributed by atoms with Crippen LogP contribution in [-0.2, 0) is 0 Å². The van der Waals surface area contributed by atoms with Gasteiger partial charge in [-0.25, -0.2) is 0 Å². The van der Waals surface area contributed by atoms with E-state index in [0.29, 0.717) is 11.6 Å². The average Bonchev–Trinajstić information content (AvgIpc) is 2.33. The summed E-state index contributed by atoms with van der Waals surface area (Å²) in [5.74, 6) is 0. The van der Waals surface area contributed by atoms with Crippen LogP contribution >= 0.6 is 0 Å². The summed E-state index contributed by atoms with van der Waals surface area (Å²) in [6, 6.07) is 0.615. The van der Waals surface area contributed by atoms with E-state index in [1.165, 1.54) is 44.9 Å². The quantitative estimate of drug-likeness (QED) is 0.588. The lowest BCUT2D eigenvalue weighted by molar-refractivity contribution is 0.0864. The number of hydrogen-bond donors (Lipinski definition) is 1. The minimum atomic E-state index is 0.320. The van der Waals surface area contributed by atoms with Gasteiger partial charge in [0.1, 0.15) is 0 Å². The van der Waals surface area contributed by atoms with Crippen LogP contribution in [-0.4, -0.2) is 37.6 Å². The zero-order valence-electron chi connectivity index (χ0n) is 13.0. The van der Waals surface area contributed by atoms with Crippen LogP contribution < -0.4 is 5.32 Å². The van der Waals surface area contributed by atoms with Crippen LogP contribution in [0.4, 0.5) is 0 Å². The van der Waals surface area contributed by atoms with E-state index in [4.69, 9.17) is 0 Å². The Morgan fingerprint density at radius 2 is 1.59 bits per heavy atom.